The molecule has 0 unspecified atom stereocenters. The van der Waals surface area contributed by atoms with Gasteiger partial charge in [-0.2, -0.15) is 0 Å². The van der Waals surface area contributed by atoms with Gasteiger partial charge in [-0.25, -0.2) is 0 Å². The van der Waals surface area contributed by atoms with Crippen molar-refractivity contribution < 1.29 is 23.7 Å². The summed E-state index contributed by atoms with van der Waals surface area (Å²) in [5.74, 6) is 7.15. The van der Waals surface area contributed by atoms with E-state index >= 15 is 0 Å². The molecule has 0 radical (unpaired) electrons. The molecule has 0 bridgehead atoms. The zero-order chi connectivity index (χ0) is 51.3. The molecular formula is C70H92O5. The Morgan fingerprint density at radius 3 is 1.25 bits per heavy atom. The second kappa shape index (κ2) is 29.5. The van der Waals surface area contributed by atoms with Crippen LogP contribution in [-0.4, -0.2) is 39.6 Å². The van der Waals surface area contributed by atoms with Crippen molar-refractivity contribution in [1.29, 1.82) is 0 Å². The molecule has 5 nitrogen and oxygen atoms in total. The van der Waals surface area contributed by atoms with Gasteiger partial charge in [0.2, 0.25) is 0 Å². The molecule has 6 aromatic carbocycles. The molecule has 2 saturated carbocycles. The predicted octanol–water partition coefficient (Wildman–Crippen LogP) is 19.5. The van der Waals surface area contributed by atoms with Crippen molar-refractivity contribution in [1.82, 2.24) is 0 Å². The third kappa shape index (κ3) is 16.0. The Morgan fingerprint density at radius 1 is 0.400 bits per heavy atom. The summed E-state index contributed by atoms with van der Waals surface area (Å²) in [5, 5.41) is 4.86. The molecule has 0 spiro atoms. The van der Waals surface area contributed by atoms with Gasteiger partial charge in [0, 0.05) is 11.1 Å². The van der Waals surface area contributed by atoms with Crippen LogP contribution in [0.25, 0.3) is 32.7 Å². The van der Waals surface area contributed by atoms with Gasteiger partial charge in [-0.05, 0) is 194 Å². The van der Waals surface area contributed by atoms with Crippen molar-refractivity contribution in [3.8, 4) is 34.1 Å². The van der Waals surface area contributed by atoms with Crippen LogP contribution >= 0.6 is 0 Å². The van der Waals surface area contributed by atoms with Gasteiger partial charge >= 0.3 is 0 Å². The van der Waals surface area contributed by atoms with Crippen LogP contribution in [0, 0.1) is 11.8 Å². The standard InChI is InChI=1S/C70H92O5/c1-3-5-11-17-53-21-27-57(28-22-53)59-31-37-63(38-32-59)72-45-15-9-7-13-19-55-25-41-65-61(51-55)35-43-67-69(65)70-66-42-26-56(52-62(66)36-44-68(70)75-50-48-71-47-49-74-67)20-14-8-10-16-46-73-64-39-33-60(34-40-64)58-29-23-54(24-30-58)18-12-6-4-2/h25-26,31-44,51-54,57-58H,3-24,27-30,45-50H2,1-2H3. The predicted molar refractivity (Wildman–Crippen MR) is 315 cm³/mol. The molecule has 2 fully saturated rings. The van der Waals surface area contributed by atoms with Gasteiger partial charge in [-0.1, -0.05) is 164 Å². The summed E-state index contributed by atoms with van der Waals surface area (Å²) in [5.41, 5.74) is 7.99. The van der Waals surface area contributed by atoms with E-state index in [4.69, 9.17) is 23.7 Å². The molecule has 0 atom stereocenters. The van der Waals surface area contributed by atoms with E-state index in [-0.39, 0.29) is 0 Å². The molecule has 9 rings (SSSR count). The van der Waals surface area contributed by atoms with E-state index in [0.29, 0.717) is 26.4 Å². The van der Waals surface area contributed by atoms with Crippen LogP contribution in [0.3, 0.4) is 0 Å². The number of ether oxygens (including phenoxy) is 5. The maximum Gasteiger partial charge on any atom is 0.128 e. The molecule has 3 aliphatic rings. The average Bonchev–Trinajstić information content (AvgIpc) is 3.49. The third-order valence-corrected chi connectivity index (χ3v) is 17.4. The highest BCUT2D eigenvalue weighted by Crippen LogP contribution is 2.47. The van der Waals surface area contributed by atoms with Gasteiger partial charge in [0.25, 0.3) is 0 Å². The molecular weight excluding hydrogens is 921 g/mol. The van der Waals surface area contributed by atoms with E-state index in [0.717, 1.165) is 96.7 Å². The molecule has 2 aliphatic carbocycles. The van der Waals surface area contributed by atoms with Crippen LogP contribution in [0.1, 0.15) is 202 Å². The van der Waals surface area contributed by atoms with Gasteiger partial charge in [0.1, 0.15) is 36.2 Å². The minimum absolute atomic E-state index is 0.498. The minimum Gasteiger partial charge on any atom is -0.494 e. The number of benzene rings is 6. The lowest BCUT2D eigenvalue weighted by atomic mass is 9.77. The highest BCUT2D eigenvalue weighted by molar-refractivity contribution is 6.10. The van der Waals surface area contributed by atoms with Gasteiger partial charge in [0.05, 0.1) is 26.4 Å². The van der Waals surface area contributed by atoms with Crippen molar-refractivity contribution in [2.45, 2.75) is 193 Å². The molecule has 0 saturated heterocycles. The van der Waals surface area contributed by atoms with Gasteiger partial charge in [-0.3, -0.25) is 0 Å². The molecule has 0 aromatic heterocycles. The van der Waals surface area contributed by atoms with Crippen molar-refractivity contribution >= 4 is 21.5 Å². The van der Waals surface area contributed by atoms with E-state index in [1.807, 2.05) is 0 Å². The molecule has 5 heteroatoms. The molecule has 1 aliphatic heterocycles. The number of fused-ring (bicyclic) bond motifs is 7. The summed E-state index contributed by atoms with van der Waals surface area (Å²) in [6.45, 7) is 8.24. The Bertz CT molecular complexity index is 2420. The van der Waals surface area contributed by atoms with Crippen LogP contribution in [0.5, 0.6) is 23.0 Å². The number of unbranched alkanes of at least 4 members (excludes halogenated alkanes) is 10. The SMILES string of the molecule is CCCCCC1CCC(c2ccc(OCCCCCCc3ccc4c5c(ccc4c3)OCCOCCOc3ccc4cc(CCCCCCOc6ccc(C7CCC(CCCCC)CC7)cc6)ccc4c3-5)cc2)CC1. The minimum atomic E-state index is 0.498. The average molecular weight is 1010 g/mol. The highest BCUT2D eigenvalue weighted by atomic mass is 16.5. The van der Waals surface area contributed by atoms with Crippen molar-refractivity contribution in [3.63, 3.8) is 0 Å². The van der Waals surface area contributed by atoms with Crippen LogP contribution in [0.15, 0.2) is 109 Å². The summed E-state index contributed by atoms with van der Waals surface area (Å²) in [4.78, 5) is 0. The van der Waals surface area contributed by atoms with Crippen LogP contribution in [0.4, 0.5) is 0 Å². The zero-order valence-electron chi connectivity index (χ0n) is 46.4. The maximum absolute atomic E-state index is 6.53. The number of rotatable bonds is 26. The third-order valence-electron chi connectivity index (χ3n) is 17.4. The fraction of sp³-hybridized carbons (Fsp3) is 0.543. The van der Waals surface area contributed by atoms with Gasteiger partial charge in [0.15, 0.2) is 0 Å². The normalized spacial score (nSPS) is 19.1. The quantitative estimate of drug-likeness (QED) is 0.0507. The maximum atomic E-state index is 6.53. The van der Waals surface area contributed by atoms with Crippen LogP contribution in [-0.2, 0) is 17.6 Å². The first kappa shape index (κ1) is 54.8. The van der Waals surface area contributed by atoms with E-state index in [1.165, 1.54) is 185 Å². The molecule has 0 amide bonds. The topological polar surface area (TPSA) is 46.2 Å². The Kier molecular flexibility index (Phi) is 21.5. The van der Waals surface area contributed by atoms with Crippen molar-refractivity contribution in [2.75, 3.05) is 39.6 Å². The van der Waals surface area contributed by atoms with E-state index in [9.17, 15) is 0 Å². The summed E-state index contributed by atoms with van der Waals surface area (Å²) in [6.07, 6.45) is 33.6. The molecule has 6 aromatic rings. The second-order valence-electron chi connectivity index (χ2n) is 22.9. The first-order valence-corrected chi connectivity index (χ1v) is 30.5. The van der Waals surface area contributed by atoms with Crippen LogP contribution < -0.4 is 18.9 Å². The summed E-state index contributed by atoms with van der Waals surface area (Å²) in [7, 11) is 0. The Labute approximate surface area is 452 Å². The van der Waals surface area contributed by atoms with Gasteiger partial charge in [-0.15, -0.1) is 0 Å². The highest BCUT2D eigenvalue weighted by Gasteiger charge is 2.24. The lowest BCUT2D eigenvalue weighted by Gasteiger charge is -2.29. The smallest absolute Gasteiger partial charge is 0.128 e. The second-order valence-corrected chi connectivity index (χ2v) is 22.9. The first-order valence-electron chi connectivity index (χ1n) is 30.5. The summed E-state index contributed by atoms with van der Waals surface area (Å²) < 4.78 is 31.4. The fourth-order valence-corrected chi connectivity index (χ4v) is 12.9. The largest absolute Gasteiger partial charge is 0.494 e. The fourth-order valence-electron chi connectivity index (χ4n) is 12.9. The first-order chi connectivity index (χ1) is 37.1. The summed E-state index contributed by atoms with van der Waals surface area (Å²) >= 11 is 0. The van der Waals surface area contributed by atoms with Crippen LogP contribution in [0.2, 0.25) is 0 Å². The Hall–Kier alpha value is -5.00. The van der Waals surface area contributed by atoms with E-state index < -0.39 is 0 Å². The Morgan fingerprint density at radius 2 is 0.827 bits per heavy atom. The zero-order valence-corrected chi connectivity index (χ0v) is 46.4. The molecule has 402 valence electrons. The number of hydrogen-bond donors (Lipinski definition) is 0. The van der Waals surface area contributed by atoms with E-state index in [1.54, 1.807) is 0 Å². The lowest BCUT2D eigenvalue weighted by Crippen LogP contribution is -2.13. The number of aryl methyl sites for hydroxylation is 2. The van der Waals surface area contributed by atoms with Crippen molar-refractivity contribution in [2.24, 2.45) is 11.8 Å². The van der Waals surface area contributed by atoms with E-state index in [2.05, 4.69) is 123 Å². The molecule has 0 N–H and O–H groups in total. The monoisotopic (exact) mass is 1010 g/mol. The Balaban J connectivity index is 0.737. The van der Waals surface area contributed by atoms with Gasteiger partial charge < -0.3 is 23.7 Å². The lowest BCUT2D eigenvalue weighted by molar-refractivity contribution is 0.0776. The summed E-state index contributed by atoms with van der Waals surface area (Å²) in [6, 6.07) is 41.0. The molecule has 75 heavy (non-hydrogen) atoms. The molecule has 1 heterocycles. The van der Waals surface area contributed by atoms with Crippen molar-refractivity contribution in [3.05, 3.63) is 131 Å². The number of hydrogen-bond acceptors (Lipinski definition) is 5.